The largest absolute Gasteiger partial charge is 0.477 e. The van der Waals surface area contributed by atoms with Crippen LogP contribution in [-0.2, 0) is 26.2 Å². The minimum atomic E-state index is -1.41. The van der Waals surface area contributed by atoms with Crippen molar-refractivity contribution in [2.75, 3.05) is 6.54 Å². The van der Waals surface area contributed by atoms with Gasteiger partial charge in [-0.3, -0.25) is 14.4 Å². The molecule has 0 saturated carbocycles. The number of hydrogen-bond donors (Lipinski definition) is 1. The van der Waals surface area contributed by atoms with E-state index >= 15 is 0 Å². The molecule has 7 nitrogen and oxygen atoms in total. The molecule has 2 aliphatic carbocycles. The lowest BCUT2D eigenvalue weighted by molar-refractivity contribution is -0.165. The average Bonchev–Trinajstić information content (AvgIpc) is 2.94. The molecule has 0 radical (unpaired) electrons. The van der Waals surface area contributed by atoms with Crippen LogP contribution in [0.1, 0.15) is 31.4 Å². The number of carbonyl (C=O) groups is 3. The molecule has 2 bridgehead atoms. The summed E-state index contributed by atoms with van der Waals surface area (Å²) in [5.74, 6) is -0.204. The number of nitrogens with zero attached hydrogens (tertiary/aromatic N) is 1. The average molecular weight is 369 g/mol. The van der Waals surface area contributed by atoms with Gasteiger partial charge in [0.15, 0.2) is 23.4 Å². The van der Waals surface area contributed by atoms with Crippen molar-refractivity contribution in [2.45, 2.75) is 49.9 Å². The first-order valence-electron chi connectivity index (χ1n) is 9.03. The molecule has 1 fully saturated rings. The first kappa shape index (κ1) is 16.5. The third-order valence-electron chi connectivity index (χ3n) is 6.51. The summed E-state index contributed by atoms with van der Waals surface area (Å²) in [5, 5.41) is 11.8. The first-order chi connectivity index (χ1) is 12.8. The number of ether oxygens (including phenoxy) is 2. The highest BCUT2D eigenvalue weighted by Crippen LogP contribution is 2.63. The molecule has 2 aliphatic heterocycles. The number of benzene rings is 1. The minimum Gasteiger partial charge on any atom is -0.477 e. The van der Waals surface area contributed by atoms with Crippen molar-refractivity contribution in [3.05, 3.63) is 35.4 Å². The van der Waals surface area contributed by atoms with Gasteiger partial charge in [-0.05, 0) is 36.6 Å². The van der Waals surface area contributed by atoms with E-state index in [1.807, 2.05) is 6.07 Å². The molecule has 4 aliphatic rings. The normalized spacial score (nSPS) is 34.8. The van der Waals surface area contributed by atoms with E-state index in [-0.39, 0.29) is 17.4 Å². The zero-order valence-corrected chi connectivity index (χ0v) is 15.0. The zero-order valence-electron chi connectivity index (χ0n) is 15.0. The molecule has 1 saturated heterocycles. The molecule has 5 rings (SSSR count). The van der Waals surface area contributed by atoms with Crippen molar-refractivity contribution < 1.29 is 29.0 Å². The van der Waals surface area contributed by atoms with E-state index in [1.165, 1.54) is 26.0 Å². The lowest BCUT2D eigenvalue weighted by Crippen LogP contribution is -2.75. The maximum Gasteiger partial charge on any atom is 0.308 e. The maximum atomic E-state index is 12.7. The second kappa shape index (κ2) is 4.98. The van der Waals surface area contributed by atoms with Crippen molar-refractivity contribution >= 4 is 17.7 Å². The van der Waals surface area contributed by atoms with Crippen molar-refractivity contribution in [1.29, 1.82) is 0 Å². The Hall–Kier alpha value is -2.67. The molecule has 1 N–H and O–H groups in total. The standard InChI is InChI=1S/C20H19NO6/c1-10(22)21-8-7-19-16-12-3-4-14(26-11(2)23)17(16)27-18(19)13(24)5-6-20(19,25)15(21)9-12/h3-6,15,18,25H,7-9H2,1-2H3/t15-,18?,19+,20-/m1/s1. The van der Waals surface area contributed by atoms with Crippen molar-refractivity contribution in [3.63, 3.8) is 0 Å². The Morgan fingerprint density at radius 2 is 2.11 bits per heavy atom. The van der Waals surface area contributed by atoms with Crippen LogP contribution in [0.25, 0.3) is 0 Å². The SMILES string of the molecule is CC(=O)Oc1ccc2c3c1OC1C(=O)C=C[C@@]4(O)[C@@H](C2)N(C(C)=O)CC[C@]314. The van der Waals surface area contributed by atoms with Gasteiger partial charge in [0.25, 0.3) is 0 Å². The van der Waals surface area contributed by atoms with E-state index in [2.05, 4.69) is 0 Å². The molecule has 0 aromatic heterocycles. The first-order valence-corrected chi connectivity index (χ1v) is 9.03. The Morgan fingerprint density at radius 1 is 1.33 bits per heavy atom. The van der Waals surface area contributed by atoms with Crippen LogP contribution >= 0.6 is 0 Å². The summed E-state index contributed by atoms with van der Waals surface area (Å²) in [4.78, 5) is 38.1. The van der Waals surface area contributed by atoms with Crippen LogP contribution in [0.5, 0.6) is 11.5 Å². The molecule has 7 heteroatoms. The molecular formula is C20H19NO6. The Kier molecular flexibility index (Phi) is 3.04. The molecular weight excluding hydrogens is 350 g/mol. The molecule has 140 valence electrons. The van der Waals surface area contributed by atoms with Gasteiger partial charge < -0.3 is 19.5 Å². The van der Waals surface area contributed by atoms with Gasteiger partial charge >= 0.3 is 5.97 Å². The predicted octanol–water partition coefficient (Wildman–Crippen LogP) is 0.658. The van der Waals surface area contributed by atoms with Gasteiger partial charge in [-0.25, -0.2) is 0 Å². The van der Waals surface area contributed by atoms with Gasteiger partial charge in [0, 0.05) is 26.0 Å². The highest BCUT2D eigenvalue weighted by molar-refractivity contribution is 5.99. The summed E-state index contributed by atoms with van der Waals surface area (Å²) in [5.41, 5.74) is -0.741. The summed E-state index contributed by atoms with van der Waals surface area (Å²) in [7, 11) is 0. The fraction of sp³-hybridized carbons (Fsp3) is 0.450. The van der Waals surface area contributed by atoms with Gasteiger partial charge in [0.2, 0.25) is 5.91 Å². The van der Waals surface area contributed by atoms with Gasteiger partial charge in [-0.2, -0.15) is 0 Å². The van der Waals surface area contributed by atoms with Gasteiger partial charge in [0.1, 0.15) is 5.60 Å². The molecule has 27 heavy (non-hydrogen) atoms. The lowest BCUT2D eigenvalue weighted by atomic mass is 9.51. The number of esters is 1. The third kappa shape index (κ3) is 1.78. The second-order valence-electron chi connectivity index (χ2n) is 7.73. The van der Waals surface area contributed by atoms with Crippen LogP contribution in [-0.4, -0.2) is 52.0 Å². The highest BCUT2D eigenvalue weighted by Gasteiger charge is 2.72. The number of aliphatic hydroxyl groups is 1. The zero-order chi connectivity index (χ0) is 19.1. The minimum absolute atomic E-state index is 0.107. The van der Waals surface area contributed by atoms with E-state index in [0.717, 1.165) is 11.1 Å². The summed E-state index contributed by atoms with van der Waals surface area (Å²) < 4.78 is 11.3. The fourth-order valence-electron chi connectivity index (χ4n) is 5.53. The Bertz CT molecular complexity index is 952. The number of rotatable bonds is 1. The van der Waals surface area contributed by atoms with Gasteiger partial charge in [-0.1, -0.05) is 6.07 Å². The molecule has 1 aromatic carbocycles. The van der Waals surface area contributed by atoms with Crippen molar-refractivity contribution in [1.82, 2.24) is 4.90 Å². The van der Waals surface area contributed by atoms with Crippen LogP contribution in [0.4, 0.5) is 0 Å². The number of likely N-dealkylation sites (tertiary alicyclic amines) is 1. The molecule has 4 atom stereocenters. The molecule has 1 spiro atoms. The highest BCUT2D eigenvalue weighted by atomic mass is 16.6. The van der Waals surface area contributed by atoms with Crippen LogP contribution in [0.15, 0.2) is 24.3 Å². The number of hydrogen-bond acceptors (Lipinski definition) is 6. The summed E-state index contributed by atoms with van der Waals surface area (Å²) in [6.07, 6.45) is 2.82. The lowest BCUT2D eigenvalue weighted by Gasteiger charge is -2.60. The van der Waals surface area contributed by atoms with Crippen molar-refractivity contribution in [2.24, 2.45) is 0 Å². The monoisotopic (exact) mass is 369 g/mol. The quantitative estimate of drug-likeness (QED) is 0.577. The van der Waals surface area contributed by atoms with E-state index in [4.69, 9.17) is 9.47 Å². The van der Waals surface area contributed by atoms with Crippen LogP contribution < -0.4 is 9.47 Å². The third-order valence-corrected chi connectivity index (χ3v) is 6.51. The fourth-order valence-corrected chi connectivity index (χ4v) is 5.53. The molecule has 1 unspecified atom stereocenters. The van der Waals surface area contributed by atoms with Crippen LogP contribution in [0.3, 0.4) is 0 Å². The van der Waals surface area contributed by atoms with E-state index in [0.29, 0.717) is 25.1 Å². The molecule has 1 amide bonds. The smallest absolute Gasteiger partial charge is 0.308 e. The molecule has 2 heterocycles. The Morgan fingerprint density at radius 3 is 2.81 bits per heavy atom. The Balaban J connectivity index is 1.80. The van der Waals surface area contributed by atoms with Gasteiger partial charge in [0.05, 0.1) is 11.5 Å². The summed E-state index contributed by atoms with van der Waals surface area (Å²) >= 11 is 0. The topological polar surface area (TPSA) is 93.1 Å². The van der Waals surface area contributed by atoms with Crippen LogP contribution in [0, 0.1) is 0 Å². The Labute approximate surface area is 155 Å². The van der Waals surface area contributed by atoms with E-state index in [1.54, 1.807) is 11.0 Å². The van der Waals surface area contributed by atoms with Gasteiger partial charge in [-0.15, -0.1) is 0 Å². The maximum absolute atomic E-state index is 12.7. The molecule has 1 aromatic rings. The van der Waals surface area contributed by atoms with E-state index in [9.17, 15) is 19.5 Å². The number of amides is 1. The summed E-state index contributed by atoms with van der Waals surface area (Å²) in [6.45, 7) is 3.23. The second-order valence-corrected chi connectivity index (χ2v) is 7.73. The predicted molar refractivity (Wildman–Crippen MR) is 92.4 cm³/mol. The number of carbonyl (C=O) groups excluding carboxylic acids is 3. The van der Waals surface area contributed by atoms with Crippen molar-refractivity contribution in [3.8, 4) is 11.5 Å². The summed E-state index contributed by atoms with van der Waals surface area (Å²) in [6, 6.07) is 3.01. The van der Waals surface area contributed by atoms with E-state index < -0.39 is 29.1 Å². The number of piperidine rings is 1. The number of ketones is 1. The van der Waals surface area contributed by atoms with Crippen LogP contribution in [0.2, 0.25) is 0 Å².